The van der Waals surface area contributed by atoms with Gasteiger partial charge < -0.3 is 16.4 Å². The largest absolute Gasteiger partial charge is 0.338 e. The van der Waals surface area contributed by atoms with Gasteiger partial charge in [0.2, 0.25) is 0 Å². The Balaban J connectivity index is 2.05. The molecule has 0 bridgehead atoms. The van der Waals surface area contributed by atoms with Gasteiger partial charge in [-0.2, -0.15) is 0 Å². The minimum absolute atomic E-state index is 0.0488. The van der Waals surface area contributed by atoms with Crippen molar-refractivity contribution in [3.05, 3.63) is 0 Å². The molecule has 82 valence electrons. The maximum atomic E-state index is 11.2. The Kier molecular flexibility index (Phi) is 4.73. The molecule has 2 amide bonds. The number of carbonyl (C=O) groups excluding carboxylic acids is 1. The van der Waals surface area contributed by atoms with Crippen LogP contribution in [0, 0.1) is 5.92 Å². The van der Waals surface area contributed by atoms with Gasteiger partial charge in [0.25, 0.3) is 0 Å². The fraction of sp³-hybridized carbons (Fsp3) is 0.900. The molecule has 2 atom stereocenters. The molecule has 4 N–H and O–H groups in total. The fourth-order valence-electron chi connectivity index (χ4n) is 1.84. The van der Waals surface area contributed by atoms with E-state index in [2.05, 4.69) is 10.6 Å². The van der Waals surface area contributed by atoms with Crippen molar-refractivity contribution in [3.8, 4) is 0 Å². The third-order valence-corrected chi connectivity index (χ3v) is 2.67. The predicted octanol–water partition coefficient (Wildman–Crippen LogP) is 0.823. The summed E-state index contributed by atoms with van der Waals surface area (Å²) in [5.41, 5.74) is 5.78. The lowest BCUT2D eigenvalue weighted by molar-refractivity contribution is 0.239. The highest BCUT2D eigenvalue weighted by molar-refractivity contribution is 5.73. The smallest absolute Gasteiger partial charge is 0.314 e. The molecule has 1 aliphatic rings. The van der Waals surface area contributed by atoms with E-state index in [1.54, 1.807) is 0 Å². The summed E-state index contributed by atoms with van der Waals surface area (Å²) < 4.78 is 0. The van der Waals surface area contributed by atoms with Crippen LogP contribution in [-0.4, -0.2) is 25.2 Å². The van der Waals surface area contributed by atoms with Crippen molar-refractivity contribution >= 4 is 6.03 Å². The topological polar surface area (TPSA) is 67.2 Å². The van der Waals surface area contributed by atoms with E-state index >= 15 is 0 Å². The van der Waals surface area contributed by atoms with E-state index in [1.165, 1.54) is 0 Å². The van der Waals surface area contributed by atoms with Gasteiger partial charge in [0.1, 0.15) is 0 Å². The number of carbonyl (C=O) groups is 1. The van der Waals surface area contributed by atoms with Crippen molar-refractivity contribution < 1.29 is 4.79 Å². The molecule has 0 aromatic rings. The third-order valence-electron chi connectivity index (χ3n) is 2.67. The average molecular weight is 199 g/mol. The van der Waals surface area contributed by atoms with E-state index in [-0.39, 0.29) is 6.03 Å². The lowest BCUT2D eigenvalue weighted by Gasteiger charge is -2.11. The molecule has 1 aliphatic carbocycles. The zero-order chi connectivity index (χ0) is 10.4. The molecule has 0 saturated heterocycles. The lowest BCUT2D eigenvalue weighted by Crippen LogP contribution is -2.38. The Hall–Kier alpha value is -0.770. The first-order chi connectivity index (χ1) is 6.72. The van der Waals surface area contributed by atoms with Crippen molar-refractivity contribution in [2.75, 3.05) is 13.1 Å². The van der Waals surface area contributed by atoms with Crippen LogP contribution < -0.4 is 16.4 Å². The van der Waals surface area contributed by atoms with Crippen molar-refractivity contribution in [2.45, 2.75) is 38.6 Å². The number of rotatable bonds is 4. The molecule has 0 heterocycles. The maximum Gasteiger partial charge on any atom is 0.314 e. The van der Waals surface area contributed by atoms with Gasteiger partial charge in [-0.3, -0.25) is 0 Å². The number of urea groups is 1. The normalized spacial score (nSPS) is 26.1. The molecule has 0 unspecified atom stereocenters. The number of hydrogen-bond donors (Lipinski definition) is 3. The summed E-state index contributed by atoms with van der Waals surface area (Å²) in [6, 6.07) is 0.299. The monoisotopic (exact) mass is 199 g/mol. The Morgan fingerprint density at radius 1 is 1.43 bits per heavy atom. The molecular weight excluding hydrogens is 178 g/mol. The molecule has 0 radical (unpaired) electrons. The summed E-state index contributed by atoms with van der Waals surface area (Å²) >= 11 is 0. The number of hydrogen-bond acceptors (Lipinski definition) is 2. The summed E-state index contributed by atoms with van der Waals surface area (Å²) in [6.45, 7) is 3.55. The zero-order valence-electron chi connectivity index (χ0n) is 8.88. The molecular formula is C10H21N3O. The van der Waals surface area contributed by atoms with Gasteiger partial charge in [-0.05, 0) is 31.6 Å². The maximum absolute atomic E-state index is 11.2. The van der Waals surface area contributed by atoms with Gasteiger partial charge in [-0.15, -0.1) is 0 Å². The number of nitrogens with one attached hydrogen (secondary N) is 2. The Bertz CT molecular complexity index is 184. The summed E-state index contributed by atoms with van der Waals surface area (Å²) in [4.78, 5) is 11.2. The van der Waals surface area contributed by atoms with Gasteiger partial charge in [0, 0.05) is 19.1 Å². The molecule has 4 nitrogen and oxygen atoms in total. The SMILES string of the molecule is CCCNC(=O)NC[C@@H]1CC[C@H](N)C1. The van der Waals surface area contributed by atoms with E-state index in [1.807, 2.05) is 6.92 Å². The minimum atomic E-state index is -0.0488. The van der Waals surface area contributed by atoms with Crippen LogP contribution in [0.25, 0.3) is 0 Å². The van der Waals surface area contributed by atoms with E-state index in [0.717, 1.165) is 38.8 Å². The molecule has 1 fully saturated rings. The van der Waals surface area contributed by atoms with Crippen LogP contribution in [0.1, 0.15) is 32.6 Å². The van der Waals surface area contributed by atoms with Crippen molar-refractivity contribution in [1.82, 2.24) is 10.6 Å². The number of nitrogens with two attached hydrogens (primary N) is 1. The van der Waals surface area contributed by atoms with E-state index in [0.29, 0.717) is 12.0 Å². The van der Waals surface area contributed by atoms with Crippen LogP contribution in [0.2, 0.25) is 0 Å². The quantitative estimate of drug-likeness (QED) is 0.627. The molecule has 14 heavy (non-hydrogen) atoms. The Labute approximate surface area is 85.6 Å². The van der Waals surface area contributed by atoms with Crippen molar-refractivity contribution in [2.24, 2.45) is 11.7 Å². The van der Waals surface area contributed by atoms with Crippen LogP contribution in [0.5, 0.6) is 0 Å². The number of amides is 2. The summed E-state index contributed by atoms with van der Waals surface area (Å²) in [6.07, 6.45) is 4.27. The fourth-order valence-corrected chi connectivity index (χ4v) is 1.84. The van der Waals surface area contributed by atoms with Crippen LogP contribution in [0.4, 0.5) is 4.79 Å². The highest BCUT2D eigenvalue weighted by Gasteiger charge is 2.21. The van der Waals surface area contributed by atoms with Gasteiger partial charge >= 0.3 is 6.03 Å². The molecule has 0 aromatic carbocycles. The van der Waals surface area contributed by atoms with Gasteiger partial charge in [-0.25, -0.2) is 4.79 Å². The van der Waals surface area contributed by atoms with Gasteiger partial charge in [0.05, 0.1) is 0 Å². The molecule has 1 rings (SSSR count). The highest BCUT2D eigenvalue weighted by atomic mass is 16.2. The molecule has 0 spiro atoms. The second-order valence-corrected chi connectivity index (χ2v) is 4.08. The molecule has 0 aromatic heterocycles. The zero-order valence-corrected chi connectivity index (χ0v) is 8.88. The van der Waals surface area contributed by atoms with Crippen LogP contribution >= 0.6 is 0 Å². The highest BCUT2D eigenvalue weighted by Crippen LogP contribution is 2.22. The summed E-state index contributed by atoms with van der Waals surface area (Å²) in [7, 11) is 0. The first kappa shape index (κ1) is 11.3. The first-order valence-corrected chi connectivity index (χ1v) is 5.49. The van der Waals surface area contributed by atoms with E-state index < -0.39 is 0 Å². The van der Waals surface area contributed by atoms with Crippen LogP contribution in [0.3, 0.4) is 0 Å². The Morgan fingerprint density at radius 3 is 2.79 bits per heavy atom. The molecule has 4 heteroatoms. The molecule has 0 aliphatic heterocycles. The van der Waals surface area contributed by atoms with Gasteiger partial charge in [-0.1, -0.05) is 6.92 Å². The van der Waals surface area contributed by atoms with Gasteiger partial charge in [0.15, 0.2) is 0 Å². The average Bonchev–Trinajstić information content (AvgIpc) is 2.58. The lowest BCUT2D eigenvalue weighted by atomic mass is 10.1. The van der Waals surface area contributed by atoms with E-state index in [4.69, 9.17) is 5.73 Å². The second-order valence-electron chi connectivity index (χ2n) is 4.08. The second kappa shape index (κ2) is 5.86. The standard InChI is InChI=1S/C10H21N3O/c1-2-5-12-10(14)13-7-8-3-4-9(11)6-8/h8-9H,2-7,11H2,1H3,(H2,12,13,14)/t8-,9+/m1/s1. The van der Waals surface area contributed by atoms with Crippen molar-refractivity contribution in [3.63, 3.8) is 0 Å². The predicted molar refractivity (Wildman–Crippen MR) is 57.0 cm³/mol. The summed E-state index contributed by atoms with van der Waals surface area (Å²) in [5.74, 6) is 0.581. The summed E-state index contributed by atoms with van der Waals surface area (Å²) in [5, 5.41) is 5.66. The van der Waals surface area contributed by atoms with Crippen molar-refractivity contribution in [1.29, 1.82) is 0 Å². The van der Waals surface area contributed by atoms with E-state index in [9.17, 15) is 4.79 Å². The van der Waals surface area contributed by atoms with Crippen LogP contribution in [0.15, 0.2) is 0 Å². The van der Waals surface area contributed by atoms with Crippen LogP contribution in [-0.2, 0) is 0 Å². The molecule has 1 saturated carbocycles. The minimum Gasteiger partial charge on any atom is -0.338 e. The Morgan fingerprint density at radius 2 is 2.21 bits per heavy atom. The third kappa shape index (κ3) is 3.96. The first-order valence-electron chi connectivity index (χ1n) is 5.49.